The van der Waals surface area contributed by atoms with Gasteiger partial charge in [0.15, 0.2) is 0 Å². The van der Waals surface area contributed by atoms with Gasteiger partial charge >= 0.3 is 5.97 Å². The molecule has 1 heterocycles. The number of rotatable bonds is 7. The first-order chi connectivity index (χ1) is 15.1. The minimum Gasteiger partial charge on any atom is -0.493 e. The van der Waals surface area contributed by atoms with Gasteiger partial charge in [-0.1, -0.05) is 42.5 Å². The first kappa shape index (κ1) is 19.4. The smallest absolute Gasteiger partial charge is 0.352 e. The number of aromatic carboxylic acids is 1. The average molecular weight is 415 g/mol. The third kappa shape index (κ3) is 3.91. The summed E-state index contributed by atoms with van der Waals surface area (Å²) in [5.74, 6) is -0.370. The average Bonchev–Trinajstić information content (AvgIpc) is 3.54. The number of carboxylic acid groups (broad SMARTS) is 1. The highest BCUT2D eigenvalue weighted by atomic mass is 19.1. The molecule has 31 heavy (non-hydrogen) atoms. The zero-order valence-corrected chi connectivity index (χ0v) is 16.8. The maximum absolute atomic E-state index is 13.7. The Morgan fingerprint density at radius 3 is 2.55 bits per heavy atom. The van der Waals surface area contributed by atoms with Crippen LogP contribution in [-0.4, -0.2) is 22.7 Å². The molecule has 3 aromatic carbocycles. The number of aromatic nitrogens is 1. The number of halogens is 1. The van der Waals surface area contributed by atoms with E-state index in [2.05, 4.69) is 4.98 Å². The number of hydrogen-bond donors (Lipinski definition) is 2. The lowest BCUT2D eigenvalue weighted by molar-refractivity contribution is 0.0690. The highest BCUT2D eigenvalue weighted by molar-refractivity contribution is 5.98. The molecule has 5 rings (SSSR count). The number of H-pyrrole nitrogens is 1. The van der Waals surface area contributed by atoms with Crippen LogP contribution in [0.3, 0.4) is 0 Å². The van der Waals surface area contributed by atoms with Gasteiger partial charge in [-0.05, 0) is 60.2 Å². The molecule has 4 nitrogen and oxygen atoms in total. The largest absolute Gasteiger partial charge is 0.493 e. The van der Waals surface area contributed by atoms with Crippen molar-refractivity contribution in [3.05, 3.63) is 101 Å². The van der Waals surface area contributed by atoms with Crippen molar-refractivity contribution in [3.63, 3.8) is 0 Å². The Bertz CT molecular complexity index is 1240. The molecular formula is C26H22FNO3. The van der Waals surface area contributed by atoms with Crippen LogP contribution < -0.4 is 4.74 Å². The molecule has 0 radical (unpaired) electrons. The molecular weight excluding hydrogens is 393 g/mol. The summed E-state index contributed by atoms with van der Waals surface area (Å²) in [6.45, 7) is 0.693. The molecule has 1 unspecified atom stereocenters. The van der Waals surface area contributed by atoms with Gasteiger partial charge in [0.2, 0.25) is 0 Å². The van der Waals surface area contributed by atoms with Crippen LogP contribution in [0.5, 0.6) is 5.75 Å². The first-order valence-electron chi connectivity index (χ1n) is 10.4. The van der Waals surface area contributed by atoms with E-state index in [1.807, 2.05) is 48.5 Å². The van der Waals surface area contributed by atoms with Gasteiger partial charge in [-0.2, -0.15) is 0 Å². The normalized spacial score (nSPS) is 14.5. The third-order valence-electron chi connectivity index (χ3n) is 5.83. The van der Waals surface area contributed by atoms with Crippen molar-refractivity contribution in [2.24, 2.45) is 5.92 Å². The van der Waals surface area contributed by atoms with Crippen LogP contribution in [0.4, 0.5) is 4.39 Å². The predicted molar refractivity (Wildman–Crippen MR) is 117 cm³/mol. The van der Waals surface area contributed by atoms with E-state index in [4.69, 9.17) is 4.74 Å². The number of para-hydroxylation sites is 1. The summed E-state index contributed by atoms with van der Waals surface area (Å²) in [7, 11) is 0. The van der Waals surface area contributed by atoms with Gasteiger partial charge in [0.1, 0.15) is 17.3 Å². The maximum atomic E-state index is 13.7. The Hall–Kier alpha value is -3.60. The molecule has 0 spiro atoms. The molecule has 1 aliphatic carbocycles. The van der Waals surface area contributed by atoms with Gasteiger partial charge in [-0.15, -0.1) is 0 Å². The standard InChI is InChI=1S/C26H22FNO3/c27-19-12-10-17(11-13-19)23(18-4-3-5-20(14-18)31-15-16-8-9-16)24-21-6-1-2-7-22(21)28-25(24)26(29)30/h1-7,10-14,16,23,28H,8-9,15H2,(H,29,30). The number of fused-ring (bicyclic) bond motifs is 1. The summed E-state index contributed by atoms with van der Waals surface area (Å²) in [5, 5.41) is 10.8. The highest BCUT2D eigenvalue weighted by Crippen LogP contribution is 2.40. The lowest BCUT2D eigenvalue weighted by atomic mass is 9.83. The number of ether oxygens (including phenoxy) is 1. The molecule has 1 fully saturated rings. The summed E-state index contributed by atoms with van der Waals surface area (Å²) in [6.07, 6.45) is 2.41. The van der Waals surface area contributed by atoms with Gasteiger partial charge < -0.3 is 14.8 Å². The lowest BCUT2D eigenvalue weighted by Crippen LogP contribution is -2.10. The molecule has 1 aliphatic rings. The number of nitrogens with one attached hydrogen (secondary N) is 1. The van der Waals surface area contributed by atoms with Crippen molar-refractivity contribution in [1.29, 1.82) is 0 Å². The summed E-state index contributed by atoms with van der Waals surface area (Å²) in [6, 6.07) is 21.5. The number of benzene rings is 3. The molecule has 0 bridgehead atoms. The van der Waals surface area contributed by atoms with Crippen LogP contribution in [0.1, 0.15) is 45.9 Å². The molecule has 0 aliphatic heterocycles. The summed E-state index contributed by atoms with van der Waals surface area (Å²) < 4.78 is 19.7. The number of carbonyl (C=O) groups is 1. The van der Waals surface area contributed by atoms with Gasteiger partial charge in [-0.25, -0.2) is 9.18 Å². The zero-order valence-electron chi connectivity index (χ0n) is 16.8. The van der Waals surface area contributed by atoms with Crippen molar-refractivity contribution in [3.8, 4) is 5.75 Å². The van der Waals surface area contributed by atoms with Crippen molar-refractivity contribution in [1.82, 2.24) is 4.98 Å². The van der Waals surface area contributed by atoms with Crippen LogP contribution in [-0.2, 0) is 0 Å². The van der Waals surface area contributed by atoms with Gasteiger partial charge in [0.25, 0.3) is 0 Å². The van der Waals surface area contributed by atoms with E-state index >= 15 is 0 Å². The van der Waals surface area contributed by atoms with E-state index in [0.717, 1.165) is 27.8 Å². The highest BCUT2D eigenvalue weighted by Gasteiger charge is 2.28. The van der Waals surface area contributed by atoms with E-state index < -0.39 is 11.9 Å². The van der Waals surface area contributed by atoms with Crippen molar-refractivity contribution in [2.45, 2.75) is 18.8 Å². The Morgan fingerprint density at radius 2 is 1.81 bits per heavy atom. The summed E-state index contributed by atoms with van der Waals surface area (Å²) in [4.78, 5) is 15.2. The van der Waals surface area contributed by atoms with Crippen LogP contribution >= 0.6 is 0 Å². The topological polar surface area (TPSA) is 62.3 Å². The van der Waals surface area contributed by atoms with E-state index in [1.54, 1.807) is 12.1 Å². The van der Waals surface area contributed by atoms with Gasteiger partial charge in [-0.3, -0.25) is 0 Å². The van der Waals surface area contributed by atoms with Crippen LogP contribution in [0.25, 0.3) is 10.9 Å². The molecule has 1 aromatic heterocycles. The Kier molecular flexibility index (Phi) is 4.94. The molecule has 0 saturated heterocycles. The molecule has 1 atom stereocenters. The van der Waals surface area contributed by atoms with E-state index in [-0.39, 0.29) is 11.5 Å². The number of hydrogen-bond acceptors (Lipinski definition) is 2. The fourth-order valence-corrected chi connectivity index (χ4v) is 4.10. The minimum atomic E-state index is -1.03. The quantitative estimate of drug-likeness (QED) is 0.391. The Morgan fingerprint density at radius 1 is 1.03 bits per heavy atom. The fraction of sp³-hybridized carbons (Fsp3) is 0.192. The zero-order chi connectivity index (χ0) is 21.4. The second-order valence-corrected chi connectivity index (χ2v) is 8.08. The van der Waals surface area contributed by atoms with Crippen LogP contribution in [0.15, 0.2) is 72.8 Å². The number of carboxylic acids is 1. The van der Waals surface area contributed by atoms with Gasteiger partial charge in [0.05, 0.1) is 6.61 Å². The van der Waals surface area contributed by atoms with Crippen molar-refractivity contribution >= 4 is 16.9 Å². The second kappa shape index (κ2) is 7.91. The molecule has 1 saturated carbocycles. The van der Waals surface area contributed by atoms with E-state index in [9.17, 15) is 14.3 Å². The maximum Gasteiger partial charge on any atom is 0.352 e. The molecule has 0 amide bonds. The fourth-order valence-electron chi connectivity index (χ4n) is 4.10. The van der Waals surface area contributed by atoms with Crippen molar-refractivity contribution in [2.75, 3.05) is 6.61 Å². The van der Waals surface area contributed by atoms with Crippen LogP contribution in [0.2, 0.25) is 0 Å². The monoisotopic (exact) mass is 415 g/mol. The van der Waals surface area contributed by atoms with Crippen molar-refractivity contribution < 1.29 is 19.0 Å². The van der Waals surface area contributed by atoms with E-state index in [0.29, 0.717) is 18.1 Å². The molecule has 4 aromatic rings. The number of aromatic amines is 1. The first-order valence-corrected chi connectivity index (χ1v) is 10.4. The summed E-state index contributed by atoms with van der Waals surface area (Å²) in [5.41, 5.74) is 3.26. The second-order valence-electron chi connectivity index (χ2n) is 8.08. The predicted octanol–water partition coefficient (Wildman–Crippen LogP) is 5.97. The molecule has 156 valence electrons. The third-order valence-corrected chi connectivity index (χ3v) is 5.83. The van der Waals surface area contributed by atoms with E-state index in [1.165, 1.54) is 25.0 Å². The van der Waals surface area contributed by atoms with Gasteiger partial charge in [0, 0.05) is 22.4 Å². The van der Waals surface area contributed by atoms with Crippen LogP contribution in [0, 0.1) is 11.7 Å². The Balaban J connectivity index is 1.68. The Labute approximate surface area is 179 Å². The minimum absolute atomic E-state index is 0.139. The molecule has 2 N–H and O–H groups in total. The summed E-state index contributed by atoms with van der Waals surface area (Å²) >= 11 is 0. The lowest BCUT2D eigenvalue weighted by Gasteiger charge is -2.20. The molecule has 5 heteroatoms. The SMILES string of the molecule is O=C(O)c1[nH]c2ccccc2c1C(c1ccc(F)cc1)c1cccc(OCC2CC2)c1.